The predicted molar refractivity (Wildman–Crippen MR) is 66.7 cm³/mol. The number of nitrogens with zero attached hydrogens (tertiary/aromatic N) is 1. The zero-order chi connectivity index (χ0) is 11.3. The molecule has 0 aliphatic carbocycles. The smallest absolute Gasteiger partial charge is 0.100 e. The van der Waals surface area contributed by atoms with Gasteiger partial charge >= 0.3 is 0 Å². The summed E-state index contributed by atoms with van der Waals surface area (Å²) in [5, 5.41) is 9.52. The molecule has 0 heterocycles. The zero-order valence-electron chi connectivity index (χ0n) is 7.90. The lowest BCUT2D eigenvalue weighted by atomic mass is 10.1. The van der Waals surface area contributed by atoms with Gasteiger partial charge in [-0.25, -0.2) is 0 Å². The summed E-state index contributed by atoms with van der Waals surface area (Å²) < 4.78 is 0. The Balaban J connectivity index is 3.00. The summed E-state index contributed by atoms with van der Waals surface area (Å²) in [6.07, 6.45) is 1.70. The van der Waals surface area contributed by atoms with Gasteiger partial charge in [-0.3, -0.25) is 0 Å². The first kappa shape index (κ1) is 11.9. The van der Waals surface area contributed by atoms with Crippen LogP contribution in [0.1, 0.15) is 5.56 Å². The predicted octanol–water partition coefficient (Wildman–Crippen LogP) is 2.58. The average molecular weight is 237 g/mol. The van der Waals surface area contributed by atoms with Crippen LogP contribution in [0.15, 0.2) is 29.8 Å². The maximum atomic E-state index is 8.86. The van der Waals surface area contributed by atoms with Crippen LogP contribution in [-0.2, 0) is 0 Å². The highest BCUT2D eigenvalue weighted by Gasteiger charge is 2.01. The molecule has 2 nitrogen and oxygen atoms in total. The molecule has 0 amide bonds. The van der Waals surface area contributed by atoms with Gasteiger partial charge in [0.25, 0.3) is 0 Å². The number of nitrogens with two attached hydrogens (primary N) is 1. The Morgan fingerprint density at radius 2 is 2.07 bits per heavy atom. The summed E-state index contributed by atoms with van der Waals surface area (Å²) in [5.74, 6) is 0. The molecule has 0 atom stereocenters. The van der Waals surface area contributed by atoms with Crippen LogP contribution in [0.25, 0.3) is 6.08 Å². The molecule has 15 heavy (non-hydrogen) atoms. The topological polar surface area (TPSA) is 49.8 Å². The summed E-state index contributed by atoms with van der Waals surface area (Å²) in [4.78, 5) is 0.465. The second-order valence-electron chi connectivity index (χ2n) is 2.85. The van der Waals surface area contributed by atoms with Gasteiger partial charge < -0.3 is 5.73 Å². The van der Waals surface area contributed by atoms with E-state index in [4.69, 9.17) is 34.8 Å². The van der Waals surface area contributed by atoms with E-state index in [1.165, 1.54) is 0 Å². The Bertz CT molecular complexity index is 429. The fraction of sp³-hybridized carbons (Fsp3) is 0.0909. The van der Waals surface area contributed by atoms with Gasteiger partial charge in [0.1, 0.15) is 6.07 Å². The second kappa shape index (κ2) is 5.62. The Morgan fingerprint density at radius 1 is 1.47 bits per heavy atom. The molecule has 0 aliphatic rings. The minimum absolute atomic E-state index is 0.211. The molecule has 0 saturated heterocycles. The van der Waals surface area contributed by atoms with E-state index in [0.29, 0.717) is 15.5 Å². The fourth-order valence-electron chi connectivity index (χ4n) is 1.01. The summed E-state index contributed by atoms with van der Waals surface area (Å²) >= 11 is 10.7. The maximum Gasteiger partial charge on any atom is 0.100 e. The van der Waals surface area contributed by atoms with Gasteiger partial charge in [-0.05, 0) is 23.8 Å². The molecule has 0 aromatic heterocycles. The molecular weight excluding hydrogens is 228 g/mol. The molecule has 0 unspecified atom stereocenters. The van der Waals surface area contributed by atoms with Crippen LogP contribution in [0.2, 0.25) is 5.02 Å². The third-order valence-corrected chi connectivity index (χ3v) is 2.43. The first-order chi connectivity index (χ1) is 7.17. The van der Waals surface area contributed by atoms with Crippen molar-refractivity contribution >= 4 is 34.8 Å². The summed E-state index contributed by atoms with van der Waals surface area (Å²) in [6, 6.07) is 9.17. The van der Waals surface area contributed by atoms with Gasteiger partial charge in [0.05, 0.1) is 5.57 Å². The van der Waals surface area contributed by atoms with Crippen molar-refractivity contribution in [3.8, 4) is 6.07 Å². The van der Waals surface area contributed by atoms with Crippen LogP contribution in [0.4, 0.5) is 0 Å². The zero-order valence-corrected chi connectivity index (χ0v) is 9.48. The molecular formula is C11H9ClN2S. The lowest BCUT2D eigenvalue weighted by Crippen LogP contribution is -2.12. The number of hydrogen-bond donors (Lipinski definition) is 1. The van der Waals surface area contributed by atoms with Crippen LogP contribution in [0.5, 0.6) is 0 Å². The third-order valence-electron chi connectivity index (χ3n) is 1.79. The first-order valence-electron chi connectivity index (χ1n) is 4.28. The number of thiocarbonyl (C=S) groups is 1. The van der Waals surface area contributed by atoms with Crippen LogP contribution in [0, 0.1) is 11.3 Å². The van der Waals surface area contributed by atoms with Gasteiger partial charge in [-0.2, -0.15) is 5.26 Å². The van der Waals surface area contributed by atoms with Crippen LogP contribution < -0.4 is 5.73 Å². The van der Waals surface area contributed by atoms with E-state index in [9.17, 15) is 0 Å². The maximum absolute atomic E-state index is 8.86. The van der Waals surface area contributed by atoms with Crippen molar-refractivity contribution in [1.29, 1.82) is 5.26 Å². The average Bonchev–Trinajstić information content (AvgIpc) is 2.27. The SMILES string of the molecule is N#C/C(=C\c1ccc(Cl)cc1)C(=S)CN. The van der Waals surface area contributed by atoms with Crippen molar-refractivity contribution < 1.29 is 0 Å². The normalized spacial score (nSPS) is 10.9. The first-order valence-corrected chi connectivity index (χ1v) is 5.06. The molecule has 4 heteroatoms. The molecule has 0 radical (unpaired) electrons. The Labute approximate surface area is 99.0 Å². The highest BCUT2D eigenvalue weighted by Crippen LogP contribution is 2.12. The van der Waals surface area contributed by atoms with Crippen molar-refractivity contribution in [3.05, 3.63) is 40.4 Å². The fourth-order valence-corrected chi connectivity index (χ4v) is 1.24. The van der Waals surface area contributed by atoms with Gasteiger partial charge in [0.15, 0.2) is 0 Å². The Kier molecular flexibility index (Phi) is 4.44. The molecule has 76 valence electrons. The van der Waals surface area contributed by atoms with Crippen LogP contribution in [-0.4, -0.2) is 11.4 Å². The Morgan fingerprint density at radius 3 is 2.53 bits per heavy atom. The van der Waals surface area contributed by atoms with Gasteiger partial charge in [-0.15, -0.1) is 0 Å². The van der Waals surface area contributed by atoms with Crippen LogP contribution >= 0.6 is 23.8 Å². The number of halogens is 1. The molecule has 1 rings (SSSR count). The third kappa shape index (κ3) is 3.45. The minimum atomic E-state index is 0.211. The number of nitriles is 1. The molecule has 0 fully saturated rings. The number of rotatable bonds is 3. The second-order valence-corrected chi connectivity index (χ2v) is 3.78. The summed E-state index contributed by atoms with van der Waals surface area (Å²) in [6.45, 7) is 0.211. The van der Waals surface area contributed by atoms with Crippen molar-refractivity contribution in [2.24, 2.45) is 5.73 Å². The van der Waals surface area contributed by atoms with Crippen molar-refractivity contribution in [1.82, 2.24) is 0 Å². The van der Waals surface area contributed by atoms with Crippen LogP contribution in [0.3, 0.4) is 0 Å². The van der Waals surface area contributed by atoms with Gasteiger partial charge in [0, 0.05) is 16.4 Å². The summed E-state index contributed by atoms with van der Waals surface area (Å²) in [7, 11) is 0. The van der Waals surface area contributed by atoms with E-state index in [0.717, 1.165) is 5.56 Å². The molecule has 2 N–H and O–H groups in total. The van der Waals surface area contributed by atoms with Crippen molar-refractivity contribution in [3.63, 3.8) is 0 Å². The lowest BCUT2D eigenvalue weighted by Gasteiger charge is -1.98. The van der Waals surface area contributed by atoms with Gasteiger partial charge in [0.2, 0.25) is 0 Å². The standard InChI is InChI=1S/C11H9ClN2S/c12-10-3-1-8(2-4-10)5-9(6-13)11(15)7-14/h1-5H,7,14H2/b9-5+. The molecule has 1 aromatic rings. The van der Waals surface area contributed by atoms with E-state index >= 15 is 0 Å². The van der Waals surface area contributed by atoms with E-state index < -0.39 is 0 Å². The molecule has 0 saturated carbocycles. The monoisotopic (exact) mass is 236 g/mol. The molecule has 0 aliphatic heterocycles. The summed E-state index contributed by atoms with van der Waals surface area (Å²) in [5.41, 5.74) is 6.68. The Hall–Kier alpha value is -1.21. The van der Waals surface area contributed by atoms with E-state index in [2.05, 4.69) is 0 Å². The highest BCUT2D eigenvalue weighted by molar-refractivity contribution is 7.81. The van der Waals surface area contributed by atoms with Crippen molar-refractivity contribution in [2.75, 3.05) is 6.54 Å². The van der Waals surface area contributed by atoms with Gasteiger partial charge in [-0.1, -0.05) is 36.0 Å². The van der Waals surface area contributed by atoms with E-state index in [1.807, 2.05) is 18.2 Å². The number of benzene rings is 1. The van der Waals surface area contributed by atoms with E-state index in [1.54, 1.807) is 18.2 Å². The molecule has 0 spiro atoms. The number of hydrogen-bond acceptors (Lipinski definition) is 3. The minimum Gasteiger partial charge on any atom is -0.326 e. The van der Waals surface area contributed by atoms with Crippen molar-refractivity contribution in [2.45, 2.75) is 0 Å². The largest absolute Gasteiger partial charge is 0.326 e. The molecule has 0 bridgehead atoms. The quantitative estimate of drug-likeness (QED) is 0.499. The lowest BCUT2D eigenvalue weighted by molar-refractivity contribution is 1.33. The molecule has 1 aromatic carbocycles. The highest BCUT2D eigenvalue weighted by atomic mass is 35.5. The van der Waals surface area contributed by atoms with E-state index in [-0.39, 0.29) is 6.54 Å².